The maximum Gasteiger partial charge on any atom is 0.333 e. The van der Waals surface area contributed by atoms with Crippen molar-refractivity contribution < 1.29 is 14.4 Å². The maximum atomic E-state index is 11.2. The van der Waals surface area contributed by atoms with E-state index in [4.69, 9.17) is 9.47 Å². The average Bonchev–Trinajstić information content (AvgIpc) is 3.28. The van der Waals surface area contributed by atoms with E-state index in [0.717, 1.165) is 18.9 Å². The number of hydrogen-bond acceptors (Lipinski definition) is 5. The lowest BCUT2D eigenvalue weighted by Crippen LogP contribution is -2.12. The minimum absolute atomic E-state index is 0.00635. The maximum absolute atomic E-state index is 11.2. The molecule has 1 aliphatic carbocycles. The van der Waals surface area contributed by atoms with Gasteiger partial charge in [-0.25, -0.2) is 0 Å². The second-order valence-electron chi connectivity index (χ2n) is 5.20. The van der Waals surface area contributed by atoms with Crippen LogP contribution < -0.4 is 10.1 Å². The number of hydrogen-bond donors (Lipinski definition) is 1. The summed E-state index contributed by atoms with van der Waals surface area (Å²) in [4.78, 5) is 10.8. The van der Waals surface area contributed by atoms with E-state index in [1.807, 2.05) is 6.92 Å². The zero-order chi connectivity index (χ0) is 15.1. The quantitative estimate of drug-likeness (QED) is 0.407. The lowest BCUT2D eigenvalue weighted by atomic mass is 10.2. The van der Waals surface area contributed by atoms with Crippen LogP contribution in [0.3, 0.4) is 0 Å². The van der Waals surface area contributed by atoms with Gasteiger partial charge in [0.15, 0.2) is 5.75 Å². The number of nitro groups is 1. The third-order valence-corrected chi connectivity index (χ3v) is 3.26. The second-order valence-corrected chi connectivity index (χ2v) is 5.20. The number of para-hydroxylation sites is 1. The van der Waals surface area contributed by atoms with Crippen LogP contribution in [0, 0.1) is 16.0 Å². The Labute approximate surface area is 124 Å². The fraction of sp³-hybridized carbons (Fsp3) is 0.600. The Kier molecular flexibility index (Phi) is 5.80. The first kappa shape index (κ1) is 15.6. The molecule has 0 unspecified atom stereocenters. The molecule has 1 aliphatic rings. The highest BCUT2D eigenvalue weighted by Crippen LogP contribution is 2.34. The normalized spacial score (nSPS) is 14.0. The molecule has 0 heterocycles. The molecule has 0 atom stereocenters. The highest BCUT2D eigenvalue weighted by molar-refractivity contribution is 5.68. The van der Waals surface area contributed by atoms with E-state index < -0.39 is 4.92 Å². The first-order valence-electron chi connectivity index (χ1n) is 7.44. The molecule has 6 nitrogen and oxygen atoms in total. The highest BCUT2D eigenvalue weighted by Gasteiger charge is 2.22. The van der Waals surface area contributed by atoms with Crippen LogP contribution in [0.5, 0.6) is 5.75 Å². The third kappa shape index (κ3) is 4.90. The summed E-state index contributed by atoms with van der Waals surface area (Å²) in [5.41, 5.74) is 0.469. The average molecular weight is 294 g/mol. The zero-order valence-electron chi connectivity index (χ0n) is 12.3. The Morgan fingerprint density at radius 1 is 1.38 bits per heavy atom. The van der Waals surface area contributed by atoms with Gasteiger partial charge in [0.25, 0.3) is 0 Å². The van der Waals surface area contributed by atoms with Crippen LogP contribution in [0.4, 0.5) is 11.4 Å². The van der Waals surface area contributed by atoms with Crippen molar-refractivity contribution in [3.8, 4) is 5.75 Å². The van der Waals surface area contributed by atoms with Crippen LogP contribution in [-0.2, 0) is 4.74 Å². The summed E-state index contributed by atoms with van der Waals surface area (Å²) in [5, 5.41) is 14.3. The number of rotatable bonds is 10. The van der Waals surface area contributed by atoms with Gasteiger partial charge in [-0.3, -0.25) is 10.1 Å². The van der Waals surface area contributed by atoms with Gasteiger partial charge in [-0.1, -0.05) is 13.0 Å². The molecule has 2 rings (SSSR count). The summed E-state index contributed by atoms with van der Waals surface area (Å²) >= 11 is 0. The van der Waals surface area contributed by atoms with E-state index in [9.17, 15) is 10.1 Å². The van der Waals surface area contributed by atoms with Gasteiger partial charge in [-0.2, -0.15) is 0 Å². The Hall–Kier alpha value is -1.82. The molecular formula is C15H22N2O4. The molecule has 116 valence electrons. The van der Waals surface area contributed by atoms with Crippen LogP contribution >= 0.6 is 0 Å². The van der Waals surface area contributed by atoms with Crippen LogP contribution in [0.15, 0.2) is 18.2 Å². The van der Waals surface area contributed by atoms with Crippen molar-refractivity contribution in [3.63, 3.8) is 0 Å². The standard InChI is InChI=1S/C15H22N2O4/c1-2-9-21-14-5-3-4-13(15(14)17(18)19)16-8-10-20-11-12-6-7-12/h3-5,12,16H,2,6-11H2,1H3. The van der Waals surface area contributed by atoms with Crippen LogP contribution in [0.2, 0.25) is 0 Å². The molecule has 0 amide bonds. The van der Waals surface area contributed by atoms with E-state index >= 15 is 0 Å². The van der Waals surface area contributed by atoms with Crippen LogP contribution in [-0.4, -0.2) is 31.3 Å². The monoisotopic (exact) mass is 294 g/mol. The van der Waals surface area contributed by atoms with Gasteiger partial charge in [0.1, 0.15) is 5.69 Å². The molecule has 6 heteroatoms. The minimum Gasteiger partial charge on any atom is -0.487 e. The number of ether oxygens (including phenoxy) is 2. The van der Waals surface area contributed by atoms with Gasteiger partial charge < -0.3 is 14.8 Å². The number of benzene rings is 1. The first-order chi connectivity index (χ1) is 10.2. The van der Waals surface area contributed by atoms with Gasteiger partial charge in [-0.15, -0.1) is 0 Å². The number of anilines is 1. The van der Waals surface area contributed by atoms with E-state index in [0.29, 0.717) is 31.2 Å². The molecule has 0 radical (unpaired) electrons. The molecule has 1 aromatic rings. The predicted molar refractivity (Wildman–Crippen MR) is 80.9 cm³/mol. The Balaban J connectivity index is 1.91. The molecule has 1 N–H and O–H groups in total. The highest BCUT2D eigenvalue weighted by atomic mass is 16.6. The first-order valence-corrected chi connectivity index (χ1v) is 7.44. The molecule has 1 aromatic carbocycles. The van der Waals surface area contributed by atoms with Crippen molar-refractivity contribution in [3.05, 3.63) is 28.3 Å². The van der Waals surface area contributed by atoms with Crippen molar-refractivity contribution in [2.75, 3.05) is 31.7 Å². The van der Waals surface area contributed by atoms with Crippen molar-refractivity contribution in [2.24, 2.45) is 5.92 Å². The summed E-state index contributed by atoms with van der Waals surface area (Å²) in [6.07, 6.45) is 3.33. The third-order valence-electron chi connectivity index (χ3n) is 3.26. The van der Waals surface area contributed by atoms with E-state index in [1.54, 1.807) is 18.2 Å². The molecule has 0 aliphatic heterocycles. The van der Waals surface area contributed by atoms with Gasteiger partial charge in [0.05, 0.1) is 18.1 Å². The number of nitrogens with one attached hydrogen (secondary N) is 1. The zero-order valence-corrected chi connectivity index (χ0v) is 12.3. The summed E-state index contributed by atoms with van der Waals surface area (Å²) in [6, 6.07) is 5.08. The Morgan fingerprint density at radius 2 is 2.19 bits per heavy atom. The van der Waals surface area contributed by atoms with Crippen molar-refractivity contribution >= 4 is 11.4 Å². The molecule has 0 saturated heterocycles. The van der Waals surface area contributed by atoms with Crippen molar-refractivity contribution in [2.45, 2.75) is 26.2 Å². The van der Waals surface area contributed by atoms with Crippen molar-refractivity contribution in [1.82, 2.24) is 0 Å². The summed E-state index contributed by atoms with van der Waals surface area (Å²) in [5.74, 6) is 1.04. The fourth-order valence-electron chi connectivity index (χ4n) is 1.97. The van der Waals surface area contributed by atoms with Gasteiger partial charge in [0.2, 0.25) is 0 Å². The molecule has 0 spiro atoms. The van der Waals surface area contributed by atoms with Crippen LogP contribution in [0.1, 0.15) is 26.2 Å². The van der Waals surface area contributed by atoms with Crippen LogP contribution in [0.25, 0.3) is 0 Å². The number of nitrogens with zero attached hydrogens (tertiary/aromatic N) is 1. The SMILES string of the molecule is CCCOc1cccc(NCCOCC2CC2)c1[N+](=O)[O-]. The van der Waals surface area contributed by atoms with Crippen molar-refractivity contribution in [1.29, 1.82) is 0 Å². The van der Waals surface area contributed by atoms with E-state index in [1.165, 1.54) is 12.8 Å². The molecule has 21 heavy (non-hydrogen) atoms. The van der Waals surface area contributed by atoms with E-state index in [2.05, 4.69) is 5.32 Å². The topological polar surface area (TPSA) is 73.6 Å². The summed E-state index contributed by atoms with van der Waals surface area (Å²) in [7, 11) is 0. The largest absolute Gasteiger partial charge is 0.487 e. The smallest absolute Gasteiger partial charge is 0.333 e. The summed E-state index contributed by atoms with van der Waals surface area (Å²) in [6.45, 7) is 4.32. The molecule has 0 bridgehead atoms. The fourth-order valence-corrected chi connectivity index (χ4v) is 1.97. The molecule has 1 saturated carbocycles. The van der Waals surface area contributed by atoms with E-state index in [-0.39, 0.29) is 5.69 Å². The molecule has 0 aromatic heterocycles. The van der Waals surface area contributed by atoms with Gasteiger partial charge in [0, 0.05) is 13.2 Å². The minimum atomic E-state index is -0.404. The number of nitro benzene ring substituents is 1. The second kappa shape index (κ2) is 7.83. The Morgan fingerprint density at radius 3 is 2.86 bits per heavy atom. The summed E-state index contributed by atoms with van der Waals surface area (Å²) < 4.78 is 11.0. The lowest BCUT2D eigenvalue weighted by Gasteiger charge is -2.11. The predicted octanol–water partition coefficient (Wildman–Crippen LogP) is 3.22. The molecular weight excluding hydrogens is 272 g/mol. The lowest BCUT2D eigenvalue weighted by molar-refractivity contribution is -0.385. The molecule has 1 fully saturated rings. The Bertz CT molecular complexity index is 475. The van der Waals surface area contributed by atoms with Gasteiger partial charge >= 0.3 is 5.69 Å². The van der Waals surface area contributed by atoms with Gasteiger partial charge in [-0.05, 0) is 37.3 Å².